The standard InChI is InChI=1S/C19H23N5/c1-4-14-6-8-15(9-7-14)22-19(20)21-12-18-23-16-11-13(2)5-10-17(16)24(18)3/h5-11H,4,12H2,1-3H3,(H3,20,21,22). The minimum atomic E-state index is 0.391. The Balaban J connectivity index is 1.73. The first-order valence-corrected chi connectivity index (χ1v) is 8.14. The zero-order valence-corrected chi connectivity index (χ0v) is 14.4. The summed E-state index contributed by atoms with van der Waals surface area (Å²) in [6.45, 7) is 4.64. The second-order valence-corrected chi connectivity index (χ2v) is 5.96. The molecule has 0 atom stereocenters. The maximum absolute atomic E-state index is 5.99. The van der Waals surface area contributed by atoms with Crippen molar-refractivity contribution in [3.8, 4) is 0 Å². The molecule has 124 valence electrons. The molecule has 2 aromatic carbocycles. The highest BCUT2D eigenvalue weighted by Crippen LogP contribution is 2.17. The van der Waals surface area contributed by atoms with Gasteiger partial charge in [-0.1, -0.05) is 25.1 Å². The largest absolute Gasteiger partial charge is 0.370 e. The van der Waals surface area contributed by atoms with Gasteiger partial charge >= 0.3 is 0 Å². The van der Waals surface area contributed by atoms with E-state index in [-0.39, 0.29) is 0 Å². The molecular weight excluding hydrogens is 298 g/mol. The number of aromatic nitrogens is 2. The van der Waals surface area contributed by atoms with E-state index in [1.807, 2.05) is 19.2 Å². The molecule has 5 heteroatoms. The van der Waals surface area contributed by atoms with Crippen LogP contribution in [0.3, 0.4) is 0 Å². The highest BCUT2D eigenvalue weighted by Gasteiger charge is 2.07. The number of nitrogens with two attached hydrogens (primary N) is 1. The number of imidazole rings is 1. The first kappa shape index (κ1) is 16.1. The van der Waals surface area contributed by atoms with E-state index in [1.54, 1.807) is 0 Å². The summed E-state index contributed by atoms with van der Waals surface area (Å²) in [5.74, 6) is 1.28. The Morgan fingerprint density at radius 2 is 1.96 bits per heavy atom. The Morgan fingerprint density at radius 3 is 2.67 bits per heavy atom. The van der Waals surface area contributed by atoms with Crippen molar-refractivity contribution in [3.63, 3.8) is 0 Å². The summed E-state index contributed by atoms with van der Waals surface area (Å²) in [6.07, 6.45) is 1.02. The molecule has 3 rings (SSSR count). The van der Waals surface area contributed by atoms with Crippen LogP contribution in [0.1, 0.15) is 23.9 Å². The highest BCUT2D eigenvalue weighted by atomic mass is 15.1. The van der Waals surface area contributed by atoms with E-state index >= 15 is 0 Å². The zero-order valence-electron chi connectivity index (χ0n) is 14.4. The minimum Gasteiger partial charge on any atom is -0.370 e. The predicted molar refractivity (Wildman–Crippen MR) is 100 cm³/mol. The fraction of sp³-hybridized carbons (Fsp3) is 0.263. The average molecular weight is 321 g/mol. The summed E-state index contributed by atoms with van der Waals surface area (Å²) in [5.41, 5.74) is 11.5. The van der Waals surface area contributed by atoms with E-state index in [2.05, 4.69) is 64.0 Å². The maximum Gasteiger partial charge on any atom is 0.193 e. The van der Waals surface area contributed by atoms with Gasteiger partial charge in [0.05, 0.1) is 11.0 Å². The molecule has 0 aliphatic heterocycles. The molecule has 0 aliphatic carbocycles. The number of guanidine groups is 1. The molecule has 3 aromatic rings. The molecule has 5 nitrogen and oxygen atoms in total. The Morgan fingerprint density at radius 1 is 1.21 bits per heavy atom. The number of fused-ring (bicyclic) bond motifs is 1. The van der Waals surface area contributed by atoms with Crippen LogP contribution < -0.4 is 11.1 Å². The fourth-order valence-electron chi connectivity index (χ4n) is 2.67. The van der Waals surface area contributed by atoms with Gasteiger partial charge in [-0.05, 0) is 48.7 Å². The third kappa shape index (κ3) is 3.40. The van der Waals surface area contributed by atoms with Crippen molar-refractivity contribution in [1.82, 2.24) is 9.55 Å². The molecule has 0 unspecified atom stereocenters. The van der Waals surface area contributed by atoms with Gasteiger partial charge in [-0.25, -0.2) is 9.98 Å². The number of aryl methyl sites for hydroxylation is 3. The molecule has 0 amide bonds. The number of benzene rings is 2. The molecule has 0 saturated carbocycles. The topological polar surface area (TPSA) is 68.2 Å². The lowest BCUT2D eigenvalue weighted by molar-refractivity contribution is 0.812. The van der Waals surface area contributed by atoms with Crippen LogP contribution >= 0.6 is 0 Å². The van der Waals surface area contributed by atoms with Gasteiger partial charge in [0.2, 0.25) is 0 Å². The Bertz CT molecular complexity index is 875. The summed E-state index contributed by atoms with van der Waals surface area (Å²) in [7, 11) is 2.00. The number of rotatable bonds is 4. The van der Waals surface area contributed by atoms with Crippen LogP contribution in [0, 0.1) is 6.92 Å². The lowest BCUT2D eigenvalue weighted by Crippen LogP contribution is -2.22. The number of hydrogen-bond donors (Lipinski definition) is 2. The van der Waals surface area contributed by atoms with E-state index < -0.39 is 0 Å². The quantitative estimate of drug-likeness (QED) is 0.572. The van der Waals surface area contributed by atoms with Gasteiger partial charge in [-0.3, -0.25) is 0 Å². The van der Waals surface area contributed by atoms with Gasteiger partial charge < -0.3 is 15.6 Å². The predicted octanol–water partition coefficient (Wildman–Crippen LogP) is 3.37. The second-order valence-electron chi connectivity index (χ2n) is 5.96. The number of nitrogens with zero attached hydrogens (tertiary/aromatic N) is 3. The van der Waals surface area contributed by atoms with Gasteiger partial charge in [0, 0.05) is 12.7 Å². The lowest BCUT2D eigenvalue weighted by Gasteiger charge is -2.06. The Kier molecular flexibility index (Phi) is 4.51. The van der Waals surface area contributed by atoms with E-state index in [4.69, 9.17) is 5.73 Å². The number of nitrogens with one attached hydrogen (secondary N) is 1. The lowest BCUT2D eigenvalue weighted by atomic mass is 10.1. The smallest absolute Gasteiger partial charge is 0.193 e. The van der Waals surface area contributed by atoms with Crippen molar-refractivity contribution >= 4 is 22.7 Å². The summed E-state index contributed by atoms with van der Waals surface area (Å²) in [6, 6.07) is 14.5. The van der Waals surface area contributed by atoms with Gasteiger partial charge in [-0.2, -0.15) is 0 Å². The fourth-order valence-corrected chi connectivity index (χ4v) is 2.67. The third-order valence-corrected chi connectivity index (χ3v) is 4.15. The SMILES string of the molecule is CCc1ccc(NC(N)=NCc2nc3cc(C)ccc3n2C)cc1. The zero-order chi connectivity index (χ0) is 17.1. The molecule has 0 aliphatic rings. The summed E-state index contributed by atoms with van der Waals surface area (Å²) >= 11 is 0. The van der Waals surface area contributed by atoms with E-state index in [0.29, 0.717) is 12.5 Å². The van der Waals surface area contributed by atoms with Crippen LogP contribution in [-0.4, -0.2) is 15.5 Å². The van der Waals surface area contributed by atoms with E-state index in [0.717, 1.165) is 29.0 Å². The molecular formula is C19H23N5. The van der Waals surface area contributed by atoms with Crippen molar-refractivity contribution in [2.24, 2.45) is 17.8 Å². The van der Waals surface area contributed by atoms with Crippen molar-refractivity contribution < 1.29 is 0 Å². The van der Waals surface area contributed by atoms with Gasteiger partial charge in [-0.15, -0.1) is 0 Å². The van der Waals surface area contributed by atoms with Crippen LogP contribution in [0.15, 0.2) is 47.5 Å². The average Bonchev–Trinajstić information content (AvgIpc) is 2.89. The number of hydrogen-bond acceptors (Lipinski definition) is 2. The van der Waals surface area contributed by atoms with Gasteiger partial charge in [0.1, 0.15) is 12.4 Å². The maximum atomic E-state index is 5.99. The van der Waals surface area contributed by atoms with Crippen LogP contribution in [0.25, 0.3) is 11.0 Å². The molecule has 0 bridgehead atoms. The van der Waals surface area contributed by atoms with Crippen molar-refractivity contribution in [3.05, 3.63) is 59.4 Å². The number of anilines is 1. The normalized spacial score (nSPS) is 11.9. The molecule has 24 heavy (non-hydrogen) atoms. The van der Waals surface area contributed by atoms with Crippen LogP contribution in [-0.2, 0) is 20.0 Å². The van der Waals surface area contributed by atoms with Gasteiger partial charge in [0.15, 0.2) is 5.96 Å². The molecule has 0 fully saturated rings. The summed E-state index contributed by atoms with van der Waals surface area (Å²) < 4.78 is 2.06. The van der Waals surface area contributed by atoms with Crippen molar-refractivity contribution in [2.75, 3.05) is 5.32 Å². The molecule has 0 spiro atoms. The van der Waals surface area contributed by atoms with Crippen LogP contribution in [0.5, 0.6) is 0 Å². The number of aliphatic imine (C=N–C) groups is 1. The van der Waals surface area contributed by atoms with E-state index in [1.165, 1.54) is 11.1 Å². The molecule has 0 radical (unpaired) electrons. The van der Waals surface area contributed by atoms with Crippen molar-refractivity contribution in [1.29, 1.82) is 0 Å². The van der Waals surface area contributed by atoms with Crippen LogP contribution in [0.2, 0.25) is 0 Å². The first-order valence-electron chi connectivity index (χ1n) is 8.14. The van der Waals surface area contributed by atoms with Crippen molar-refractivity contribution in [2.45, 2.75) is 26.8 Å². The third-order valence-electron chi connectivity index (χ3n) is 4.15. The van der Waals surface area contributed by atoms with E-state index in [9.17, 15) is 0 Å². The van der Waals surface area contributed by atoms with Crippen LogP contribution in [0.4, 0.5) is 5.69 Å². The summed E-state index contributed by atoms with van der Waals surface area (Å²) in [4.78, 5) is 9.06. The minimum absolute atomic E-state index is 0.391. The summed E-state index contributed by atoms with van der Waals surface area (Å²) in [5, 5.41) is 3.12. The second kappa shape index (κ2) is 6.74. The Labute approximate surface area is 142 Å². The molecule has 3 N–H and O–H groups in total. The first-order chi connectivity index (χ1) is 11.6. The molecule has 1 aromatic heterocycles. The Hall–Kier alpha value is -2.82. The van der Waals surface area contributed by atoms with Gasteiger partial charge in [0.25, 0.3) is 0 Å². The monoisotopic (exact) mass is 321 g/mol. The molecule has 1 heterocycles. The molecule has 0 saturated heterocycles. The highest BCUT2D eigenvalue weighted by molar-refractivity contribution is 5.92.